The van der Waals surface area contributed by atoms with Gasteiger partial charge >= 0.3 is 0 Å². The highest BCUT2D eigenvalue weighted by atomic mass is 79.9. The predicted octanol–water partition coefficient (Wildman–Crippen LogP) is 2.12. The molecule has 0 aromatic heterocycles. The third-order valence-corrected chi connectivity index (χ3v) is 3.45. The van der Waals surface area contributed by atoms with Crippen molar-refractivity contribution in [3.05, 3.63) is 28.7 Å². The summed E-state index contributed by atoms with van der Waals surface area (Å²) in [4.78, 5) is 15.4. The van der Waals surface area contributed by atoms with Gasteiger partial charge in [-0.15, -0.1) is 0 Å². The molecule has 1 saturated heterocycles. The van der Waals surface area contributed by atoms with E-state index in [0.29, 0.717) is 0 Å². The van der Waals surface area contributed by atoms with Crippen molar-refractivity contribution in [1.29, 1.82) is 0 Å². The summed E-state index contributed by atoms with van der Waals surface area (Å²) >= 11 is 3.43. The third kappa shape index (κ3) is 2.55. The molecule has 1 aliphatic rings. The van der Waals surface area contributed by atoms with Gasteiger partial charge in [0.05, 0.1) is 0 Å². The van der Waals surface area contributed by atoms with Gasteiger partial charge in [0.1, 0.15) is 0 Å². The number of hydrogen-bond acceptors (Lipinski definition) is 2. The second-order valence-corrected chi connectivity index (χ2v) is 4.89. The monoisotopic (exact) mass is 282 g/mol. The lowest BCUT2D eigenvalue weighted by atomic mass is 10.2. The largest absolute Gasteiger partial charge is 0.368 e. The molecular formula is C12H15BrN2O. The van der Waals surface area contributed by atoms with Gasteiger partial charge in [-0.1, -0.05) is 15.9 Å². The van der Waals surface area contributed by atoms with Gasteiger partial charge in [-0.25, -0.2) is 0 Å². The van der Waals surface area contributed by atoms with E-state index in [0.717, 1.165) is 30.7 Å². The summed E-state index contributed by atoms with van der Waals surface area (Å²) in [6.07, 6.45) is 0. The minimum absolute atomic E-state index is 0.176. The van der Waals surface area contributed by atoms with Crippen LogP contribution in [0.15, 0.2) is 28.7 Å². The summed E-state index contributed by atoms with van der Waals surface area (Å²) in [6.45, 7) is 5.12. The number of amides is 1. The molecule has 0 radical (unpaired) electrons. The summed E-state index contributed by atoms with van der Waals surface area (Å²) in [5.74, 6) is 0.176. The van der Waals surface area contributed by atoms with Crippen LogP contribution in [0.5, 0.6) is 0 Å². The van der Waals surface area contributed by atoms with E-state index in [1.807, 2.05) is 17.0 Å². The summed E-state index contributed by atoms with van der Waals surface area (Å²) < 4.78 is 1.10. The number of carbonyl (C=O) groups excluding carboxylic acids is 1. The van der Waals surface area contributed by atoms with Crippen LogP contribution in [-0.4, -0.2) is 37.0 Å². The minimum atomic E-state index is 0.176. The van der Waals surface area contributed by atoms with Crippen LogP contribution in [0.25, 0.3) is 0 Å². The first-order valence-corrected chi connectivity index (χ1v) is 6.22. The molecule has 1 aromatic carbocycles. The molecule has 1 heterocycles. The van der Waals surface area contributed by atoms with Gasteiger partial charge in [0, 0.05) is 43.3 Å². The Balaban J connectivity index is 1.99. The zero-order valence-electron chi connectivity index (χ0n) is 9.32. The maximum absolute atomic E-state index is 11.2. The molecule has 4 heteroatoms. The predicted molar refractivity (Wildman–Crippen MR) is 68.6 cm³/mol. The zero-order valence-corrected chi connectivity index (χ0v) is 10.9. The smallest absolute Gasteiger partial charge is 0.219 e. The summed E-state index contributed by atoms with van der Waals surface area (Å²) in [5.41, 5.74) is 1.23. The molecule has 1 amide bonds. The number of carbonyl (C=O) groups is 1. The van der Waals surface area contributed by atoms with Crippen molar-refractivity contribution < 1.29 is 4.79 Å². The highest BCUT2D eigenvalue weighted by Crippen LogP contribution is 2.19. The van der Waals surface area contributed by atoms with Gasteiger partial charge < -0.3 is 9.80 Å². The van der Waals surface area contributed by atoms with Gasteiger partial charge in [-0.3, -0.25) is 4.79 Å². The molecule has 3 nitrogen and oxygen atoms in total. The van der Waals surface area contributed by atoms with Crippen LogP contribution in [0, 0.1) is 0 Å². The molecule has 1 aliphatic heterocycles. The van der Waals surface area contributed by atoms with Crippen molar-refractivity contribution in [2.45, 2.75) is 6.92 Å². The third-order valence-electron chi connectivity index (χ3n) is 2.92. The van der Waals surface area contributed by atoms with Gasteiger partial charge in [0.2, 0.25) is 5.91 Å². The van der Waals surface area contributed by atoms with Crippen molar-refractivity contribution in [3.63, 3.8) is 0 Å². The van der Waals surface area contributed by atoms with E-state index in [4.69, 9.17) is 0 Å². The van der Waals surface area contributed by atoms with Crippen LogP contribution >= 0.6 is 15.9 Å². The Bertz CT molecular complexity index is 369. The molecule has 0 bridgehead atoms. The molecule has 86 valence electrons. The fourth-order valence-electron chi connectivity index (χ4n) is 1.93. The Morgan fingerprint density at radius 2 is 1.69 bits per heavy atom. The number of anilines is 1. The lowest BCUT2D eigenvalue weighted by molar-refractivity contribution is -0.129. The van der Waals surface area contributed by atoms with Crippen molar-refractivity contribution in [2.24, 2.45) is 0 Å². The fourth-order valence-corrected chi connectivity index (χ4v) is 2.20. The summed E-state index contributed by atoms with van der Waals surface area (Å²) in [5, 5.41) is 0. The molecule has 1 aromatic rings. The quantitative estimate of drug-likeness (QED) is 0.788. The molecule has 2 rings (SSSR count). The van der Waals surface area contributed by atoms with Crippen molar-refractivity contribution in [3.8, 4) is 0 Å². The van der Waals surface area contributed by atoms with E-state index >= 15 is 0 Å². The average Bonchev–Trinajstić information content (AvgIpc) is 2.30. The molecule has 16 heavy (non-hydrogen) atoms. The van der Waals surface area contributed by atoms with E-state index in [2.05, 4.69) is 33.0 Å². The molecule has 0 spiro atoms. The molecule has 0 atom stereocenters. The fraction of sp³-hybridized carbons (Fsp3) is 0.417. The molecule has 1 fully saturated rings. The van der Waals surface area contributed by atoms with Crippen molar-refractivity contribution in [2.75, 3.05) is 31.1 Å². The van der Waals surface area contributed by atoms with Crippen LogP contribution in [0.2, 0.25) is 0 Å². The SMILES string of the molecule is CC(=O)N1CCN(c2ccc(Br)cc2)CC1. The highest BCUT2D eigenvalue weighted by Gasteiger charge is 2.18. The average molecular weight is 283 g/mol. The number of benzene rings is 1. The van der Waals surface area contributed by atoms with E-state index < -0.39 is 0 Å². The highest BCUT2D eigenvalue weighted by molar-refractivity contribution is 9.10. The van der Waals surface area contributed by atoms with Gasteiger partial charge in [-0.2, -0.15) is 0 Å². The molecule has 0 N–H and O–H groups in total. The lowest BCUT2D eigenvalue weighted by Gasteiger charge is -2.35. The Hall–Kier alpha value is -1.03. The summed E-state index contributed by atoms with van der Waals surface area (Å²) in [6, 6.07) is 8.31. The Morgan fingerprint density at radius 3 is 2.19 bits per heavy atom. The van der Waals surface area contributed by atoms with Gasteiger partial charge in [0.15, 0.2) is 0 Å². The first-order chi connectivity index (χ1) is 7.66. The number of halogens is 1. The normalized spacial score (nSPS) is 16.4. The second-order valence-electron chi connectivity index (χ2n) is 3.97. The lowest BCUT2D eigenvalue weighted by Crippen LogP contribution is -2.48. The van der Waals surface area contributed by atoms with E-state index in [-0.39, 0.29) is 5.91 Å². The van der Waals surface area contributed by atoms with E-state index in [1.165, 1.54) is 5.69 Å². The number of piperazine rings is 1. The van der Waals surface area contributed by atoms with Crippen LogP contribution in [0.3, 0.4) is 0 Å². The number of nitrogens with zero attached hydrogens (tertiary/aromatic N) is 2. The maximum Gasteiger partial charge on any atom is 0.219 e. The summed E-state index contributed by atoms with van der Waals surface area (Å²) in [7, 11) is 0. The maximum atomic E-state index is 11.2. The molecule has 0 unspecified atom stereocenters. The molecular weight excluding hydrogens is 268 g/mol. The van der Waals surface area contributed by atoms with Crippen molar-refractivity contribution >= 4 is 27.5 Å². The van der Waals surface area contributed by atoms with Crippen molar-refractivity contribution in [1.82, 2.24) is 4.90 Å². The van der Waals surface area contributed by atoms with Crippen LogP contribution < -0.4 is 4.90 Å². The molecule has 0 aliphatic carbocycles. The van der Waals surface area contributed by atoms with Gasteiger partial charge in [0.25, 0.3) is 0 Å². The first kappa shape index (κ1) is 11.5. The Morgan fingerprint density at radius 1 is 1.12 bits per heavy atom. The minimum Gasteiger partial charge on any atom is -0.368 e. The number of rotatable bonds is 1. The van der Waals surface area contributed by atoms with Gasteiger partial charge in [-0.05, 0) is 24.3 Å². The topological polar surface area (TPSA) is 23.6 Å². The second kappa shape index (κ2) is 4.87. The molecule has 0 saturated carbocycles. The van der Waals surface area contributed by atoms with Crippen LogP contribution in [-0.2, 0) is 4.79 Å². The standard InChI is InChI=1S/C12H15BrN2O/c1-10(16)14-6-8-15(9-7-14)12-4-2-11(13)3-5-12/h2-5H,6-9H2,1H3. The van der Waals surface area contributed by atoms with Crippen LogP contribution in [0.1, 0.15) is 6.92 Å². The number of hydrogen-bond donors (Lipinski definition) is 0. The zero-order chi connectivity index (χ0) is 11.5. The van der Waals surface area contributed by atoms with E-state index in [1.54, 1.807) is 6.92 Å². The van der Waals surface area contributed by atoms with E-state index in [9.17, 15) is 4.79 Å². The Kier molecular flexibility index (Phi) is 3.49. The first-order valence-electron chi connectivity index (χ1n) is 5.43. The van der Waals surface area contributed by atoms with Crippen LogP contribution in [0.4, 0.5) is 5.69 Å². The Labute approximate surface area is 104 Å².